The van der Waals surface area contributed by atoms with Crippen LogP contribution in [-0.4, -0.2) is 38.0 Å². The highest BCUT2D eigenvalue weighted by Gasteiger charge is 2.21. The summed E-state index contributed by atoms with van der Waals surface area (Å²) < 4.78 is 0. The number of carbonyl (C=O) groups excluding carboxylic acids is 2. The highest BCUT2D eigenvalue weighted by atomic mass is 16.2. The molecular weight excluding hydrogens is 350 g/mol. The van der Waals surface area contributed by atoms with Crippen LogP contribution in [0.4, 0.5) is 11.4 Å². The summed E-state index contributed by atoms with van der Waals surface area (Å²) in [5.41, 5.74) is 2.12. The van der Waals surface area contributed by atoms with Crippen molar-refractivity contribution in [3.8, 4) is 0 Å². The summed E-state index contributed by atoms with van der Waals surface area (Å²) in [6.07, 6.45) is 8.02. The van der Waals surface area contributed by atoms with E-state index in [0.717, 1.165) is 50.4 Å². The van der Waals surface area contributed by atoms with Crippen molar-refractivity contribution in [2.45, 2.75) is 58.8 Å². The fourth-order valence-corrected chi connectivity index (χ4v) is 4.38. The number of hydrogen-bond donors (Lipinski definition) is 1. The molecule has 0 unspecified atom stereocenters. The van der Waals surface area contributed by atoms with Crippen LogP contribution in [0.3, 0.4) is 0 Å². The normalized spacial score (nSPS) is 18.7. The van der Waals surface area contributed by atoms with Crippen molar-refractivity contribution in [2.75, 3.05) is 36.0 Å². The average molecular weight is 386 g/mol. The van der Waals surface area contributed by atoms with E-state index in [2.05, 4.69) is 29.3 Å². The van der Waals surface area contributed by atoms with Gasteiger partial charge in [-0.25, -0.2) is 0 Å². The minimum atomic E-state index is 0.00598. The SMILES string of the molecule is CC(=O)N(CCNC(=O)C1CCCCC1)c1ccc(N2CCC(C)CC2)cc1. The number of hydrogen-bond acceptors (Lipinski definition) is 3. The molecule has 0 bridgehead atoms. The molecular formula is C23H35N3O2. The van der Waals surface area contributed by atoms with E-state index in [1.165, 1.54) is 24.9 Å². The van der Waals surface area contributed by atoms with Crippen LogP contribution in [0.1, 0.15) is 58.8 Å². The van der Waals surface area contributed by atoms with Gasteiger partial charge in [0.25, 0.3) is 0 Å². The Hall–Kier alpha value is -2.04. The quantitative estimate of drug-likeness (QED) is 0.806. The lowest BCUT2D eigenvalue weighted by atomic mass is 9.89. The lowest BCUT2D eigenvalue weighted by Gasteiger charge is -2.32. The van der Waals surface area contributed by atoms with Crippen LogP contribution in [0.15, 0.2) is 24.3 Å². The van der Waals surface area contributed by atoms with Gasteiger partial charge < -0.3 is 15.1 Å². The van der Waals surface area contributed by atoms with Crippen molar-refractivity contribution >= 4 is 23.2 Å². The molecule has 1 heterocycles. The first-order chi connectivity index (χ1) is 13.5. The van der Waals surface area contributed by atoms with Gasteiger partial charge in [-0.1, -0.05) is 26.2 Å². The molecule has 2 amide bonds. The molecule has 1 aliphatic carbocycles. The number of benzene rings is 1. The molecule has 2 aliphatic rings. The fraction of sp³-hybridized carbons (Fsp3) is 0.652. The number of carbonyl (C=O) groups is 2. The zero-order valence-corrected chi connectivity index (χ0v) is 17.5. The molecule has 0 radical (unpaired) electrons. The molecule has 5 nitrogen and oxygen atoms in total. The Morgan fingerprint density at radius 1 is 1.04 bits per heavy atom. The Kier molecular flexibility index (Phi) is 7.35. The van der Waals surface area contributed by atoms with Crippen molar-refractivity contribution in [1.29, 1.82) is 0 Å². The molecule has 1 aromatic rings. The molecule has 1 aliphatic heterocycles. The van der Waals surface area contributed by atoms with Crippen molar-refractivity contribution in [3.63, 3.8) is 0 Å². The van der Waals surface area contributed by atoms with Crippen LogP contribution in [0.5, 0.6) is 0 Å². The molecule has 1 aromatic carbocycles. The van der Waals surface area contributed by atoms with Crippen LogP contribution in [0.25, 0.3) is 0 Å². The molecule has 1 saturated carbocycles. The van der Waals surface area contributed by atoms with Crippen molar-refractivity contribution in [2.24, 2.45) is 11.8 Å². The second kappa shape index (κ2) is 9.94. The van der Waals surface area contributed by atoms with Gasteiger partial charge in [0.2, 0.25) is 11.8 Å². The van der Waals surface area contributed by atoms with Gasteiger partial charge in [0.15, 0.2) is 0 Å². The maximum Gasteiger partial charge on any atom is 0.223 e. The van der Waals surface area contributed by atoms with E-state index in [4.69, 9.17) is 0 Å². The standard InChI is InChI=1S/C23H35N3O2/c1-18-12-15-25(16-13-18)21-8-10-22(11-9-21)26(19(2)27)17-14-24-23(28)20-6-4-3-5-7-20/h8-11,18,20H,3-7,12-17H2,1-2H3,(H,24,28). The Morgan fingerprint density at radius 3 is 2.29 bits per heavy atom. The smallest absolute Gasteiger partial charge is 0.223 e. The molecule has 154 valence electrons. The molecule has 28 heavy (non-hydrogen) atoms. The largest absolute Gasteiger partial charge is 0.372 e. The lowest BCUT2D eigenvalue weighted by Crippen LogP contribution is -2.40. The maximum absolute atomic E-state index is 12.3. The Morgan fingerprint density at radius 2 is 1.68 bits per heavy atom. The van der Waals surface area contributed by atoms with Crippen LogP contribution in [-0.2, 0) is 9.59 Å². The first-order valence-electron chi connectivity index (χ1n) is 11.0. The highest BCUT2D eigenvalue weighted by molar-refractivity contribution is 5.91. The second-order valence-electron chi connectivity index (χ2n) is 8.48. The van der Waals surface area contributed by atoms with Crippen LogP contribution < -0.4 is 15.1 Å². The topological polar surface area (TPSA) is 52.7 Å². The van der Waals surface area contributed by atoms with Gasteiger partial charge in [0.05, 0.1) is 0 Å². The van der Waals surface area contributed by atoms with Gasteiger partial charge in [0, 0.05) is 50.4 Å². The third-order valence-electron chi connectivity index (χ3n) is 6.30. The predicted molar refractivity (Wildman–Crippen MR) is 115 cm³/mol. The van der Waals surface area contributed by atoms with Crippen LogP contribution in [0, 0.1) is 11.8 Å². The molecule has 1 N–H and O–H groups in total. The van der Waals surface area contributed by atoms with Gasteiger partial charge in [-0.15, -0.1) is 0 Å². The molecule has 1 saturated heterocycles. The number of nitrogens with zero attached hydrogens (tertiary/aromatic N) is 2. The third-order valence-corrected chi connectivity index (χ3v) is 6.30. The minimum Gasteiger partial charge on any atom is -0.372 e. The fourth-order valence-electron chi connectivity index (χ4n) is 4.38. The minimum absolute atomic E-state index is 0.00598. The molecule has 3 rings (SSSR count). The van der Waals surface area contributed by atoms with Gasteiger partial charge in [0.1, 0.15) is 0 Å². The van der Waals surface area contributed by atoms with E-state index in [1.807, 2.05) is 12.1 Å². The number of nitrogens with one attached hydrogen (secondary N) is 1. The van der Waals surface area contributed by atoms with Gasteiger partial charge in [-0.3, -0.25) is 9.59 Å². The molecule has 5 heteroatoms. The summed E-state index contributed by atoms with van der Waals surface area (Å²) in [5, 5.41) is 3.03. The van der Waals surface area contributed by atoms with Gasteiger partial charge >= 0.3 is 0 Å². The maximum atomic E-state index is 12.3. The molecule has 0 spiro atoms. The zero-order chi connectivity index (χ0) is 19.9. The van der Waals surface area contributed by atoms with E-state index in [9.17, 15) is 9.59 Å². The Labute approximate surface area is 169 Å². The average Bonchev–Trinajstić information content (AvgIpc) is 2.72. The number of rotatable bonds is 6. The molecule has 0 aromatic heterocycles. The highest BCUT2D eigenvalue weighted by Crippen LogP contribution is 2.26. The number of amides is 2. The van der Waals surface area contributed by atoms with Gasteiger partial charge in [-0.05, 0) is 55.9 Å². The third kappa shape index (κ3) is 5.49. The van der Waals surface area contributed by atoms with Crippen molar-refractivity contribution in [1.82, 2.24) is 5.32 Å². The second-order valence-corrected chi connectivity index (χ2v) is 8.48. The first kappa shape index (κ1) is 20.7. The van der Waals surface area contributed by atoms with Crippen LogP contribution in [0.2, 0.25) is 0 Å². The number of piperidine rings is 1. The van der Waals surface area contributed by atoms with E-state index < -0.39 is 0 Å². The molecule has 2 fully saturated rings. The predicted octanol–water partition coefficient (Wildman–Crippen LogP) is 3.97. The van der Waals surface area contributed by atoms with E-state index in [1.54, 1.807) is 11.8 Å². The summed E-state index contributed by atoms with van der Waals surface area (Å²) in [7, 11) is 0. The van der Waals surface area contributed by atoms with E-state index >= 15 is 0 Å². The Balaban J connectivity index is 1.53. The summed E-state index contributed by atoms with van der Waals surface area (Å²) in [6, 6.07) is 8.28. The monoisotopic (exact) mass is 385 g/mol. The van der Waals surface area contributed by atoms with Crippen LogP contribution >= 0.6 is 0 Å². The van der Waals surface area contributed by atoms with Crippen molar-refractivity contribution in [3.05, 3.63) is 24.3 Å². The Bertz CT molecular complexity index is 644. The van der Waals surface area contributed by atoms with E-state index in [0.29, 0.717) is 13.1 Å². The zero-order valence-electron chi connectivity index (χ0n) is 17.5. The van der Waals surface area contributed by atoms with Crippen molar-refractivity contribution < 1.29 is 9.59 Å². The van der Waals surface area contributed by atoms with Gasteiger partial charge in [-0.2, -0.15) is 0 Å². The molecule has 0 atom stereocenters. The number of anilines is 2. The summed E-state index contributed by atoms with van der Waals surface area (Å²) in [5.74, 6) is 1.13. The summed E-state index contributed by atoms with van der Waals surface area (Å²) in [4.78, 5) is 28.6. The van der Waals surface area contributed by atoms with E-state index in [-0.39, 0.29) is 17.7 Å². The summed E-state index contributed by atoms with van der Waals surface area (Å²) in [6.45, 7) is 7.12. The summed E-state index contributed by atoms with van der Waals surface area (Å²) >= 11 is 0. The first-order valence-corrected chi connectivity index (χ1v) is 11.0. The lowest BCUT2D eigenvalue weighted by molar-refractivity contribution is -0.126.